The van der Waals surface area contributed by atoms with Crippen molar-refractivity contribution < 1.29 is 9.84 Å². The molecule has 2 rings (SSSR count). The van der Waals surface area contributed by atoms with E-state index in [1.165, 1.54) is 0 Å². The molecule has 0 fully saturated rings. The quantitative estimate of drug-likeness (QED) is 0.893. The van der Waals surface area contributed by atoms with Crippen molar-refractivity contribution in [3.05, 3.63) is 57.6 Å². The number of hydrogen-bond donors (Lipinski definition) is 1. The van der Waals surface area contributed by atoms with Crippen molar-refractivity contribution >= 4 is 23.2 Å². The second-order valence-corrected chi connectivity index (χ2v) is 4.76. The van der Waals surface area contributed by atoms with Crippen molar-refractivity contribution in [1.82, 2.24) is 0 Å². The molecular weight excluding hydrogens is 271 g/mol. The van der Waals surface area contributed by atoms with Crippen LogP contribution in [-0.2, 0) is 6.61 Å². The Bertz CT molecular complexity index is 568. The van der Waals surface area contributed by atoms with Crippen molar-refractivity contribution in [1.29, 1.82) is 0 Å². The Morgan fingerprint density at radius 3 is 2.44 bits per heavy atom. The Morgan fingerprint density at radius 1 is 1.06 bits per heavy atom. The summed E-state index contributed by atoms with van der Waals surface area (Å²) in [6, 6.07) is 10.7. The lowest BCUT2D eigenvalue weighted by Gasteiger charge is -2.09. The molecule has 2 aromatic rings. The zero-order chi connectivity index (χ0) is 13.1. The zero-order valence-electron chi connectivity index (χ0n) is 9.78. The predicted molar refractivity (Wildman–Crippen MR) is 73.6 cm³/mol. The number of rotatable bonds is 3. The fourth-order valence-electron chi connectivity index (χ4n) is 1.54. The maximum Gasteiger partial charge on any atom is 0.146 e. The molecule has 0 aliphatic carbocycles. The molecule has 0 saturated carbocycles. The van der Waals surface area contributed by atoms with Crippen LogP contribution in [0.2, 0.25) is 10.0 Å². The smallest absolute Gasteiger partial charge is 0.146 e. The molecule has 0 saturated heterocycles. The minimum atomic E-state index is -0.0929. The monoisotopic (exact) mass is 282 g/mol. The normalized spacial score (nSPS) is 10.4. The molecule has 0 radical (unpaired) electrons. The average Bonchev–Trinajstić information content (AvgIpc) is 2.33. The third kappa shape index (κ3) is 2.96. The summed E-state index contributed by atoms with van der Waals surface area (Å²) in [5, 5.41) is 10.1. The SMILES string of the molecule is Cc1ccc(Oc2ccc(CO)c(Cl)c2)c(Cl)c1. The molecule has 1 N–H and O–H groups in total. The van der Waals surface area contributed by atoms with Gasteiger partial charge in [0, 0.05) is 5.02 Å². The van der Waals surface area contributed by atoms with E-state index in [4.69, 9.17) is 33.0 Å². The van der Waals surface area contributed by atoms with E-state index in [9.17, 15) is 0 Å². The van der Waals surface area contributed by atoms with E-state index in [2.05, 4.69) is 0 Å². The standard InChI is InChI=1S/C14H12Cl2O2/c1-9-2-5-14(13(16)6-9)18-11-4-3-10(8-17)12(15)7-11/h2-7,17H,8H2,1H3. The van der Waals surface area contributed by atoms with Crippen LogP contribution >= 0.6 is 23.2 Å². The van der Waals surface area contributed by atoms with E-state index >= 15 is 0 Å². The number of halogens is 2. The Balaban J connectivity index is 2.26. The predicted octanol–water partition coefficient (Wildman–Crippen LogP) is 4.59. The zero-order valence-corrected chi connectivity index (χ0v) is 11.3. The fourth-order valence-corrected chi connectivity index (χ4v) is 2.04. The Kier molecular flexibility index (Phi) is 4.12. The second-order valence-electron chi connectivity index (χ2n) is 3.95. The molecule has 2 nitrogen and oxygen atoms in total. The molecule has 0 bridgehead atoms. The number of aliphatic hydroxyl groups excluding tert-OH is 1. The summed E-state index contributed by atoms with van der Waals surface area (Å²) in [6.45, 7) is 1.87. The number of benzene rings is 2. The van der Waals surface area contributed by atoms with E-state index in [0.717, 1.165) is 5.56 Å². The van der Waals surface area contributed by atoms with Crippen molar-refractivity contribution in [2.75, 3.05) is 0 Å². The highest BCUT2D eigenvalue weighted by molar-refractivity contribution is 6.32. The molecule has 4 heteroatoms. The van der Waals surface area contributed by atoms with Crippen LogP contribution in [0.4, 0.5) is 0 Å². The molecule has 0 aliphatic heterocycles. The summed E-state index contributed by atoms with van der Waals surface area (Å²) in [4.78, 5) is 0. The third-order valence-electron chi connectivity index (χ3n) is 2.51. The molecule has 2 aromatic carbocycles. The van der Waals surface area contributed by atoms with Gasteiger partial charge in [-0.1, -0.05) is 35.3 Å². The average molecular weight is 283 g/mol. The largest absolute Gasteiger partial charge is 0.456 e. The van der Waals surface area contributed by atoms with Gasteiger partial charge in [0.05, 0.1) is 11.6 Å². The van der Waals surface area contributed by atoms with Crippen molar-refractivity contribution in [2.45, 2.75) is 13.5 Å². The van der Waals surface area contributed by atoms with Gasteiger partial charge in [0.15, 0.2) is 0 Å². The first-order valence-corrected chi connectivity index (χ1v) is 6.19. The molecule has 94 valence electrons. The maximum absolute atomic E-state index is 9.03. The van der Waals surface area contributed by atoms with E-state index in [1.54, 1.807) is 18.2 Å². The molecule has 0 atom stereocenters. The van der Waals surface area contributed by atoms with E-state index in [1.807, 2.05) is 25.1 Å². The minimum absolute atomic E-state index is 0.0929. The van der Waals surface area contributed by atoms with Crippen molar-refractivity contribution in [3.63, 3.8) is 0 Å². The molecule has 0 unspecified atom stereocenters. The first-order valence-electron chi connectivity index (χ1n) is 5.43. The highest BCUT2D eigenvalue weighted by atomic mass is 35.5. The summed E-state index contributed by atoms with van der Waals surface area (Å²) >= 11 is 12.1. The van der Waals surface area contributed by atoms with Crippen LogP contribution in [-0.4, -0.2) is 5.11 Å². The lowest BCUT2D eigenvalue weighted by Crippen LogP contribution is -1.89. The first kappa shape index (κ1) is 13.2. The van der Waals surface area contributed by atoms with E-state index in [-0.39, 0.29) is 6.61 Å². The number of aryl methyl sites for hydroxylation is 1. The molecule has 0 aliphatic rings. The molecule has 0 aromatic heterocycles. The molecule has 18 heavy (non-hydrogen) atoms. The van der Waals surface area contributed by atoms with Crippen LogP contribution in [0.25, 0.3) is 0 Å². The van der Waals surface area contributed by atoms with Crippen molar-refractivity contribution in [3.8, 4) is 11.5 Å². The van der Waals surface area contributed by atoms with Crippen LogP contribution in [0.3, 0.4) is 0 Å². The summed E-state index contributed by atoms with van der Waals surface area (Å²) in [6.07, 6.45) is 0. The summed E-state index contributed by atoms with van der Waals surface area (Å²) in [5.41, 5.74) is 1.74. The topological polar surface area (TPSA) is 29.5 Å². The fraction of sp³-hybridized carbons (Fsp3) is 0.143. The maximum atomic E-state index is 9.03. The van der Waals surface area contributed by atoms with E-state index in [0.29, 0.717) is 27.1 Å². The number of aliphatic hydroxyl groups is 1. The Hall–Kier alpha value is -1.22. The Morgan fingerprint density at radius 2 is 1.83 bits per heavy atom. The van der Waals surface area contributed by atoms with Gasteiger partial charge < -0.3 is 9.84 Å². The highest BCUT2D eigenvalue weighted by Gasteiger charge is 2.06. The molecule has 0 spiro atoms. The first-order chi connectivity index (χ1) is 8.60. The van der Waals surface area contributed by atoms with Crippen LogP contribution in [0.1, 0.15) is 11.1 Å². The van der Waals surface area contributed by atoms with Gasteiger partial charge in [-0.05, 0) is 42.3 Å². The number of hydrogen-bond acceptors (Lipinski definition) is 2. The van der Waals surface area contributed by atoms with Crippen molar-refractivity contribution in [2.24, 2.45) is 0 Å². The van der Waals surface area contributed by atoms with Gasteiger partial charge in [-0.2, -0.15) is 0 Å². The van der Waals surface area contributed by atoms with Gasteiger partial charge in [0.25, 0.3) is 0 Å². The lowest BCUT2D eigenvalue weighted by molar-refractivity contribution is 0.282. The van der Waals surface area contributed by atoms with Crippen LogP contribution in [0.15, 0.2) is 36.4 Å². The summed E-state index contributed by atoms with van der Waals surface area (Å²) < 4.78 is 5.65. The van der Waals surface area contributed by atoms with Crippen LogP contribution in [0, 0.1) is 6.92 Å². The van der Waals surface area contributed by atoms with Crippen LogP contribution < -0.4 is 4.74 Å². The van der Waals surface area contributed by atoms with E-state index < -0.39 is 0 Å². The van der Waals surface area contributed by atoms with Gasteiger partial charge >= 0.3 is 0 Å². The Labute approximate surface area is 116 Å². The number of ether oxygens (including phenoxy) is 1. The van der Waals surface area contributed by atoms with Gasteiger partial charge in [0.2, 0.25) is 0 Å². The minimum Gasteiger partial charge on any atom is -0.456 e. The lowest BCUT2D eigenvalue weighted by atomic mass is 10.2. The molecule has 0 heterocycles. The van der Waals surface area contributed by atoms with Crippen LogP contribution in [0.5, 0.6) is 11.5 Å². The van der Waals surface area contributed by atoms with Gasteiger partial charge in [-0.3, -0.25) is 0 Å². The van der Waals surface area contributed by atoms with Gasteiger partial charge in [-0.25, -0.2) is 0 Å². The van der Waals surface area contributed by atoms with Gasteiger partial charge in [0.1, 0.15) is 11.5 Å². The molecule has 0 amide bonds. The summed E-state index contributed by atoms with van der Waals surface area (Å²) in [7, 11) is 0. The third-order valence-corrected chi connectivity index (χ3v) is 3.16. The summed E-state index contributed by atoms with van der Waals surface area (Å²) in [5.74, 6) is 1.16. The highest BCUT2D eigenvalue weighted by Crippen LogP contribution is 2.32. The van der Waals surface area contributed by atoms with Gasteiger partial charge in [-0.15, -0.1) is 0 Å². The molecular formula is C14H12Cl2O2. The second kappa shape index (κ2) is 5.61.